The first-order valence-corrected chi connectivity index (χ1v) is 8.07. The number of halogens is 1. The molecule has 1 aromatic rings. The number of aliphatic imine (C=N–C) groups is 1. The Bertz CT molecular complexity index is 498. The summed E-state index contributed by atoms with van der Waals surface area (Å²) >= 11 is 3.53. The smallest absolute Gasteiger partial charge is 0.188 e. The van der Waals surface area contributed by atoms with Gasteiger partial charge in [0.25, 0.3) is 0 Å². The second-order valence-electron chi connectivity index (χ2n) is 5.73. The van der Waals surface area contributed by atoms with Crippen molar-refractivity contribution >= 4 is 27.6 Å². The quantitative estimate of drug-likeness (QED) is 0.655. The van der Waals surface area contributed by atoms with Gasteiger partial charge in [-0.25, -0.2) is 0 Å². The van der Waals surface area contributed by atoms with E-state index in [1.54, 1.807) is 0 Å². The summed E-state index contributed by atoms with van der Waals surface area (Å²) in [5, 5.41) is 3.24. The van der Waals surface area contributed by atoms with Crippen LogP contribution >= 0.6 is 15.9 Å². The minimum Gasteiger partial charge on any atom is -0.371 e. The Kier molecular flexibility index (Phi) is 4.15. The Balaban J connectivity index is 1.51. The third kappa shape index (κ3) is 3.66. The molecular weight excluding hydrogens is 316 g/mol. The molecule has 108 valence electrons. The first-order chi connectivity index (χ1) is 9.70. The van der Waals surface area contributed by atoms with Gasteiger partial charge in [0, 0.05) is 35.8 Å². The SMILES string of the molecule is NC(=NCC1CCN(c2cccc(Br)c2)C1)NC1CC1. The van der Waals surface area contributed by atoms with E-state index in [1.807, 2.05) is 0 Å². The van der Waals surface area contributed by atoms with E-state index >= 15 is 0 Å². The zero-order valence-electron chi connectivity index (χ0n) is 11.6. The normalized spacial score (nSPS) is 23.1. The lowest BCUT2D eigenvalue weighted by Crippen LogP contribution is -2.34. The van der Waals surface area contributed by atoms with E-state index in [0.717, 1.165) is 24.1 Å². The maximum atomic E-state index is 5.88. The molecule has 1 heterocycles. The van der Waals surface area contributed by atoms with Crippen LogP contribution in [0.2, 0.25) is 0 Å². The summed E-state index contributed by atoms with van der Waals surface area (Å²) in [6.45, 7) is 3.00. The maximum absolute atomic E-state index is 5.88. The molecule has 3 rings (SSSR count). The molecule has 1 atom stereocenters. The van der Waals surface area contributed by atoms with Gasteiger partial charge in [0.2, 0.25) is 0 Å². The van der Waals surface area contributed by atoms with Crippen molar-refractivity contribution < 1.29 is 0 Å². The van der Waals surface area contributed by atoms with Crippen LogP contribution in [0.1, 0.15) is 19.3 Å². The molecule has 3 N–H and O–H groups in total. The summed E-state index contributed by atoms with van der Waals surface area (Å²) in [6, 6.07) is 9.07. The predicted molar refractivity (Wildman–Crippen MR) is 87.1 cm³/mol. The average Bonchev–Trinajstić information content (AvgIpc) is 3.11. The Morgan fingerprint density at radius 3 is 3.00 bits per heavy atom. The fourth-order valence-corrected chi connectivity index (χ4v) is 2.99. The van der Waals surface area contributed by atoms with E-state index < -0.39 is 0 Å². The van der Waals surface area contributed by atoms with E-state index in [-0.39, 0.29) is 0 Å². The molecule has 0 radical (unpaired) electrons. The number of nitrogens with one attached hydrogen (secondary N) is 1. The highest BCUT2D eigenvalue weighted by Gasteiger charge is 2.24. The molecule has 20 heavy (non-hydrogen) atoms. The monoisotopic (exact) mass is 336 g/mol. The molecule has 1 saturated carbocycles. The molecule has 0 aromatic heterocycles. The molecule has 0 amide bonds. The van der Waals surface area contributed by atoms with Crippen molar-refractivity contribution in [1.82, 2.24) is 5.32 Å². The topological polar surface area (TPSA) is 53.6 Å². The standard InChI is InChI=1S/C15H21BrN4/c16-12-2-1-3-14(8-12)20-7-6-11(10-20)9-18-15(17)19-13-4-5-13/h1-3,8,11,13H,4-7,9-10H2,(H3,17,18,19). The van der Waals surface area contributed by atoms with E-state index in [9.17, 15) is 0 Å². The average molecular weight is 337 g/mol. The fourth-order valence-electron chi connectivity index (χ4n) is 2.60. The molecule has 1 aliphatic heterocycles. The lowest BCUT2D eigenvalue weighted by molar-refractivity contribution is 0.601. The predicted octanol–water partition coefficient (Wildman–Crippen LogP) is 2.34. The molecule has 2 aliphatic rings. The van der Waals surface area contributed by atoms with Crippen molar-refractivity contribution in [1.29, 1.82) is 0 Å². The summed E-state index contributed by atoms with van der Waals surface area (Å²) < 4.78 is 1.13. The molecule has 5 heteroatoms. The van der Waals surface area contributed by atoms with Crippen LogP contribution in [0.25, 0.3) is 0 Å². The van der Waals surface area contributed by atoms with E-state index in [2.05, 4.69) is 55.4 Å². The van der Waals surface area contributed by atoms with Crippen LogP contribution in [0.4, 0.5) is 5.69 Å². The van der Waals surface area contributed by atoms with Gasteiger partial charge in [-0.2, -0.15) is 0 Å². The van der Waals surface area contributed by atoms with Crippen LogP contribution in [0.3, 0.4) is 0 Å². The highest BCUT2D eigenvalue weighted by Crippen LogP contribution is 2.26. The Morgan fingerprint density at radius 1 is 1.40 bits per heavy atom. The Morgan fingerprint density at radius 2 is 2.25 bits per heavy atom. The summed E-state index contributed by atoms with van der Waals surface area (Å²) in [5.74, 6) is 1.22. The van der Waals surface area contributed by atoms with Gasteiger partial charge in [-0.3, -0.25) is 4.99 Å². The molecule has 2 fully saturated rings. The molecule has 1 aliphatic carbocycles. The van der Waals surface area contributed by atoms with Crippen molar-refractivity contribution in [2.75, 3.05) is 24.5 Å². The first-order valence-electron chi connectivity index (χ1n) is 7.27. The van der Waals surface area contributed by atoms with Crippen molar-refractivity contribution in [2.24, 2.45) is 16.6 Å². The van der Waals surface area contributed by atoms with Crippen LogP contribution in [-0.2, 0) is 0 Å². The second kappa shape index (κ2) is 6.04. The highest BCUT2D eigenvalue weighted by atomic mass is 79.9. The lowest BCUT2D eigenvalue weighted by atomic mass is 10.1. The van der Waals surface area contributed by atoms with Crippen molar-refractivity contribution in [2.45, 2.75) is 25.3 Å². The molecule has 4 nitrogen and oxygen atoms in total. The summed E-state index contributed by atoms with van der Waals surface area (Å²) in [7, 11) is 0. The zero-order valence-corrected chi connectivity index (χ0v) is 13.1. The molecule has 0 spiro atoms. The number of rotatable bonds is 4. The van der Waals surface area contributed by atoms with Gasteiger partial charge in [-0.1, -0.05) is 22.0 Å². The van der Waals surface area contributed by atoms with Gasteiger partial charge in [-0.05, 0) is 43.4 Å². The van der Waals surface area contributed by atoms with Gasteiger partial charge >= 0.3 is 0 Å². The second-order valence-corrected chi connectivity index (χ2v) is 6.64. The summed E-state index contributed by atoms with van der Waals surface area (Å²) in [4.78, 5) is 6.91. The van der Waals surface area contributed by atoms with Crippen LogP contribution in [0.15, 0.2) is 33.7 Å². The van der Waals surface area contributed by atoms with Crippen molar-refractivity contribution in [3.63, 3.8) is 0 Å². The van der Waals surface area contributed by atoms with Crippen LogP contribution < -0.4 is 16.0 Å². The summed E-state index contributed by atoms with van der Waals surface area (Å²) in [5.41, 5.74) is 7.16. The Hall–Kier alpha value is -1.23. The minimum atomic E-state index is 0.584. The van der Waals surface area contributed by atoms with Crippen LogP contribution in [0.5, 0.6) is 0 Å². The minimum absolute atomic E-state index is 0.584. The third-order valence-electron chi connectivity index (χ3n) is 3.91. The lowest BCUT2D eigenvalue weighted by Gasteiger charge is -2.18. The van der Waals surface area contributed by atoms with Crippen molar-refractivity contribution in [3.8, 4) is 0 Å². The third-order valence-corrected chi connectivity index (χ3v) is 4.40. The van der Waals surface area contributed by atoms with Crippen molar-refractivity contribution in [3.05, 3.63) is 28.7 Å². The van der Waals surface area contributed by atoms with Crippen LogP contribution in [0, 0.1) is 5.92 Å². The van der Waals surface area contributed by atoms with E-state index in [1.165, 1.54) is 24.9 Å². The number of hydrogen-bond donors (Lipinski definition) is 2. The Labute approximate surface area is 128 Å². The molecule has 1 unspecified atom stereocenters. The highest BCUT2D eigenvalue weighted by molar-refractivity contribution is 9.10. The van der Waals surface area contributed by atoms with Gasteiger partial charge < -0.3 is 16.0 Å². The zero-order chi connectivity index (χ0) is 13.9. The van der Waals surface area contributed by atoms with Crippen LogP contribution in [-0.4, -0.2) is 31.6 Å². The molecule has 1 aromatic carbocycles. The maximum Gasteiger partial charge on any atom is 0.188 e. The molecule has 0 bridgehead atoms. The van der Waals surface area contributed by atoms with Gasteiger partial charge in [-0.15, -0.1) is 0 Å². The van der Waals surface area contributed by atoms with Gasteiger partial charge in [0.05, 0.1) is 0 Å². The number of anilines is 1. The number of nitrogens with zero attached hydrogens (tertiary/aromatic N) is 2. The van der Waals surface area contributed by atoms with E-state index in [4.69, 9.17) is 5.73 Å². The molecule has 1 saturated heterocycles. The largest absolute Gasteiger partial charge is 0.371 e. The number of benzene rings is 1. The number of nitrogens with two attached hydrogens (primary N) is 1. The summed E-state index contributed by atoms with van der Waals surface area (Å²) in [6.07, 6.45) is 3.65. The number of hydrogen-bond acceptors (Lipinski definition) is 2. The van der Waals surface area contributed by atoms with E-state index in [0.29, 0.717) is 17.9 Å². The van der Waals surface area contributed by atoms with Gasteiger partial charge in [0.1, 0.15) is 0 Å². The number of guanidine groups is 1. The fraction of sp³-hybridized carbons (Fsp3) is 0.533. The van der Waals surface area contributed by atoms with Gasteiger partial charge in [0.15, 0.2) is 5.96 Å². The molecular formula is C15H21BrN4. The first kappa shape index (κ1) is 13.7.